The van der Waals surface area contributed by atoms with Crippen molar-refractivity contribution >= 4 is 28.8 Å². The molecule has 3 aromatic rings. The fraction of sp³-hybridized carbons (Fsp3) is 0.304. The number of nitrogens with zero attached hydrogens (tertiary/aromatic N) is 2. The summed E-state index contributed by atoms with van der Waals surface area (Å²) < 4.78 is 45.9. The van der Waals surface area contributed by atoms with E-state index < -0.39 is 25.2 Å². The molecule has 0 unspecified atom stereocenters. The number of carbonyl (C=O) groups is 1. The fourth-order valence-corrected chi connectivity index (χ4v) is 3.42. The number of aryl methyl sites for hydroxylation is 2. The van der Waals surface area contributed by atoms with E-state index in [4.69, 9.17) is 4.74 Å². The SMILES string of the molecule is CCn1c(/C=C/Nc2ccccc2)[n+](CC)c2ccc(C(=O)OCCC(F)(F)F)cc21.[Cl-]. The van der Waals surface area contributed by atoms with E-state index in [1.165, 1.54) is 0 Å². The number of hydrogen-bond acceptors (Lipinski definition) is 3. The summed E-state index contributed by atoms with van der Waals surface area (Å²) in [7, 11) is 0. The Kier molecular flexibility index (Phi) is 8.72. The molecule has 0 amide bonds. The van der Waals surface area contributed by atoms with E-state index in [0.29, 0.717) is 13.1 Å². The van der Waals surface area contributed by atoms with Gasteiger partial charge in [0.05, 0.1) is 25.1 Å². The van der Waals surface area contributed by atoms with Crippen molar-refractivity contribution in [2.75, 3.05) is 11.9 Å². The first-order chi connectivity index (χ1) is 14.8. The van der Waals surface area contributed by atoms with Gasteiger partial charge in [0.15, 0.2) is 11.0 Å². The van der Waals surface area contributed by atoms with Crippen molar-refractivity contribution in [3.05, 3.63) is 66.1 Å². The third-order valence-corrected chi connectivity index (χ3v) is 4.85. The summed E-state index contributed by atoms with van der Waals surface area (Å²) in [5.41, 5.74) is 2.93. The lowest BCUT2D eigenvalue weighted by molar-refractivity contribution is -0.670. The van der Waals surface area contributed by atoms with Gasteiger partial charge in [-0.1, -0.05) is 18.2 Å². The molecule has 9 heteroatoms. The molecular weight excluding hydrogens is 443 g/mol. The number of ether oxygens (including phenoxy) is 1. The molecule has 0 saturated heterocycles. The molecule has 0 saturated carbocycles. The Morgan fingerprint density at radius 2 is 1.88 bits per heavy atom. The molecule has 0 aliphatic rings. The molecular formula is C23H25ClF3N3O2. The minimum absolute atomic E-state index is 0. The molecule has 0 spiro atoms. The molecule has 0 bridgehead atoms. The summed E-state index contributed by atoms with van der Waals surface area (Å²) in [5, 5.41) is 3.23. The van der Waals surface area contributed by atoms with Crippen LogP contribution in [0.4, 0.5) is 18.9 Å². The second-order valence-corrected chi connectivity index (χ2v) is 6.90. The van der Waals surface area contributed by atoms with Gasteiger partial charge >= 0.3 is 12.1 Å². The van der Waals surface area contributed by atoms with E-state index in [-0.39, 0.29) is 18.0 Å². The Hall–Kier alpha value is -3.00. The molecule has 2 aromatic carbocycles. The lowest BCUT2D eigenvalue weighted by Gasteiger charge is -2.07. The van der Waals surface area contributed by atoms with Crippen LogP contribution in [-0.2, 0) is 17.8 Å². The number of para-hydroxylation sites is 1. The van der Waals surface area contributed by atoms with Gasteiger partial charge in [0.25, 0.3) is 5.82 Å². The largest absolute Gasteiger partial charge is 1.00 e. The van der Waals surface area contributed by atoms with Crippen molar-refractivity contribution in [1.82, 2.24) is 4.57 Å². The zero-order valence-corrected chi connectivity index (χ0v) is 18.6. The smallest absolute Gasteiger partial charge is 0.392 e. The minimum atomic E-state index is -4.36. The molecule has 0 aliphatic carbocycles. The third kappa shape index (κ3) is 6.03. The number of nitrogens with one attached hydrogen (secondary N) is 1. The van der Waals surface area contributed by atoms with Crippen molar-refractivity contribution in [1.29, 1.82) is 0 Å². The van der Waals surface area contributed by atoms with E-state index in [0.717, 1.165) is 22.5 Å². The fourth-order valence-electron chi connectivity index (χ4n) is 3.42. The van der Waals surface area contributed by atoms with Crippen molar-refractivity contribution in [2.45, 2.75) is 39.5 Å². The molecule has 0 aliphatic heterocycles. The minimum Gasteiger partial charge on any atom is -1.00 e. The van der Waals surface area contributed by atoms with Gasteiger partial charge in [-0.25, -0.2) is 13.9 Å². The van der Waals surface area contributed by atoms with Crippen LogP contribution in [0, 0.1) is 0 Å². The molecule has 172 valence electrons. The Labute approximate surface area is 190 Å². The molecule has 3 rings (SSSR count). The molecule has 1 N–H and O–H groups in total. The summed E-state index contributed by atoms with van der Waals surface area (Å²) in [5.74, 6) is 0.173. The maximum atomic E-state index is 12.3. The number of benzene rings is 2. The Bertz CT molecular complexity index is 1080. The number of rotatable bonds is 8. The van der Waals surface area contributed by atoms with Crippen molar-refractivity contribution < 1.29 is 39.7 Å². The highest BCUT2D eigenvalue weighted by atomic mass is 35.5. The van der Waals surface area contributed by atoms with E-state index in [9.17, 15) is 18.0 Å². The van der Waals surface area contributed by atoms with Gasteiger partial charge in [-0.2, -0.15) is 13.2 Å². The normalized spacial score (nSPS) is 11.5. The van der Waals surface area contributed by atoms with Crippen molar-refractivity contribution in [3.63, 3.8) is 0 Å². The molecule has 0 fully saturated rings. The van der Waals surface area contributed by atoms with Crippen molar-refractivity contribution in [3.8, 4) is 0 Å². The van der Waals surface area contributed by atoms with Gasteiger partial charge in [-0.05, 0) is 38.1 Å². The molecule has 5 nitrogen and oxygen atoms in total. The summed E-state index contributed by atoms with van der Waals surface area (Å²) >= 11 is 0. The van der Waals surface area contributed by atoms with Crippen LogP contribution >= 0.6 is 0 Å². The van der Waals surface area contributed by atoms with Gasteiger partial charge in [0, 0.05) is 24.0 Å². The molecule has 0 radical (unpaired) electrons. The number of alkyl halides is 3. The molecule has 0 atom stereocenters. The van der Waals surface area contributed by atoms with E-state index >= 15 is 0 Å². The third-order valence-electron chi connectivity index (χ3n) is 4.85. The molecule has 1 aromatic heterocycles. The predicted molar refractivity (Wildman–Crippen MR) is 114 cm³/mol. The highest BCUT2D eigenvalue weighted by molar-refractivity contribution is 5.93. The number of imidazole rings is 1. The first-order valence-corrected chi connectivity index (χ1v) is 10.1. The van der Waals surface area contributed by atoms with Crippen LogP contribution in [0.25, 0.3) is 17.1 Å². The number of carbonyl (C=O) groups excluding carboxylic acids is 1. The number of halogens is 4. The molecule has 1 heterocycles. The first-order valence-electron chi connectivity index (χ1n) is 10.1. The second-order valence-electron chi connectivity index (χ2n) is 6.90. The average Bonchev–Trinajstić information content (AvgIpc) is 3.05. The summed E-state index contributed by atoms with van der Waals surface area (Å²) in [6.07, 6.45) is -1.70. The van der Waals surface area contributed by atoms with Gasteiger partial charge in [-0.3, -0.25) is 0 Å². The van der Waals surface area contributed by atoms with Crippen LogP contribution in [0.3, 0.4) is 0 Å². The summed E-state index contributed by atoms with van der Waals surface area (Å²) in [4.78, 5) is 12.2. The highest BCUT2D eigenvalue weighted by Crippen LogP contribution is 2.21. The second kappa shape index (κ2) is 11.0. The van der Waals surface area contributed by atoms with Gasteiger partial charge in [0.2, 0.25) is 0 Å². The lowest BCUT2D eigenvalue weighted by atomic mass is 10.2. The van der Waals surface area contributed by atoms with Crippen LogP contribution in [0.5, 0.6) is 0 Å². The Morgan fingerprint density at radius 1 is 1.16 bits per heavy atom. The van der Waals surface area contributed by atoms with Crippen LogP contribution in [0.1, 0.15) is 36.5 Å². The van der Waals surface area contributed by atoms with Gasteiger partial charge < -0.3 is 22.5 Å². The topological polar surface area (TPSA) is 47.1 Å². The van der Waals surface area contributed by atoms with Crippen molar-refractivity contribution in [2.24, 2.45) is 0 Å². The lowest BCUT2D eigenvalue weighted by Crippen LogP contribution is -3.00. The maximum absolute atomic E-state index is 12.3. The number of fused-ring (bicyclic) bond motifs is 1. The van der Waals surface area contributed by atoms with E-state index in [1.54, 1.807) is 18.2 Å². The van der Waals surface area contributed by atoms with Gasteiger partial charge in [0.1, 0.15) is 6.61 Å². The number of aromatic nitrogens is 2. The monoisotopic (exact) mass is 467 g/mol. The van der Waals surface area contributed by atoms with E-state index in [1.807, 2.05) is 56.5 Å². The van der Waals surface area contributed by atoms with Gasteiger partial charge in [-0.15, -0.1) is 0 Å². The maximum Gasteiger partial charge on any atom is 0.392 e. The standard InChI is InChI=1S/C23H24F3N3O2.ClH/c1-3-28-19-11-10-17(22(30)31-15-13-23(24,25)26)16-20(19)29(4-2)21(28)12-14-27-18-8-6-5-7-9-18;/h5-12,14,16H,3-4,13,15H2,1-2H3;1H. The summed E-state index contributed by atoms with van der Waals surface area (Å²) in [6.45, 7) is 4.70. The highest BCUT2D eigenvalue weighted by Gasteiger charge is 2.28. The number of hydrogen-bond donors (Lipinski definition) is 1. The van der Waals surface area contributed by atoms with E-state index in [2.05, 4.69) is 14.5 Å². The Morgan fingerprint density at radius 3 is 2.50 bits per heavy atom. The first kappa shape index (κ1) is 25.3. The van der Waals surface area contributed by atoms with Crippen LogP contribution in [0.2, 0.25) is 0 Å². The number of esters is 1. The predicted octanol–water partition coefficient (Wildman–Crippen LogP) is 2.16. The quantitative estimate of drug-likeness (QED) is 0.408. The van der Waals surface area contributed by atoms with Crippen LogP contribution in [0.15, 0.2) is 54.7 Å². The molecule has 32 heavy (non-hydrogen) atoms. The zero-order chi connectivity index (χ0) is 22.4. The average molecular weight is 468 g/mol. The van der Waals surface area contributed by atoms with Crippen LogP contribution in [-0.4, -0.2) is 23.3 Å². The Balaban J connectivity index is 0.00000363. The number of anilines is 1. The zero-order valence-electron chi connectivity index (χ0n) is 17.8. The summed E-state index contributed by atoms with van der Waals surface area (Å²) in [6, 6.07) is 14.8. The van der Waals surface area contributed by atoms with Crippen LogP contribution < -0.4 is 22.3 Å².